The SMILES string of the molecule is O=C1C2N(Cc3ccccc3)C3C(=O)C(OCCOCCO)(N2Cc2ccccc2)N(Cc2ccccc2)C1N3Cc1ccccc1. The van der Waals surface area contributed by atoms with Crippen molar-refractivity contribution in [2.45, 2.75) is 50.5 Å². The normalized spacial score (nSPS) is 24.7. The average molecular weight is 633 g/mol. The molecule has 0 aromatic heterocycles. The lowest BCUT2D eigenvalue weighted by molar-refractivity contribution is -0.351. The van der Waals surface area contributed by atoms with Crippen molar-refractivity contribution in [1.82, 2.24) is 19.6 Å². The summed E-state index contributed by atoms with van der Waals surface area (Å²) in [5.41, 5.74) is 3.99. The Balaban J connectivity index is 1.38. The van der Waals surface area contributed by atoms with Crippen LogP contribution in [0.1, 0.15) is 22.3 Å². The van der Waals surface area contributed by atoms with E-state index < -0.39 is 24.3 Å². The highest BCUT2D eigenvalue weighted by molar-refractivity contribution is 6.02. The second kappa shape index (κ2) is 14.0. The number of ether oxygens (including phenoxy) is 2. The molecule has 4 aromatic carbocycles. The maximum Gasteiger partial charge on any atom is 0.248 e. The van der Waals surface area contributed by atoms with Crippen LogP contribution < -0.4 is 0 Å². The molecule has 2 atom stereocenters. The van der Waals surface area contributed by atoms with E-state index in [2.05, 4.69) is 9.80 Å². The Hall–Kier alpha value is -4.06. The smallest absolute Gasteiger partial charge is 0.248 e. The number of benzene rings is 4. The van der Waals surface area contributed by atoms with Crippen LogP contribution in [0, 0.1) is 0 Å². The lowest BCUT2D eigenvalue weighted by Gasteiger charge is -2.70. The third-order valence-corrected chi connectivity index (χ3v) is 9.26. The summed E-state index contributed by atoms with van der Waals surface area (Å²) in [6, 6.07) is 39.9. The fourth-order valence-electron chi connectivity index (χ4n) is 7.36. The number of aliphatic hydroxyl groups excluding tert-OH is 1. The second-order valence-electron chi connectivity index (χ2n) is 12.2. The molecule has 0 saturated carbocycles. The van der Waals surface area contributed by atoms with Crippen LogP contribution in [0.2, 0.25) is 0 Å². The zero-order chi connectivity index (χ0) is 32.2. The molecule has 2 unspecified atom stereocenters. The summed E-state index contributed by atoms with van der Waals surface area (Å²) in [5, 5.41) is 9.29. The minimum Gasteiger partial charge on any atom is -0.394 e. The second-order valence-corrected chi connectivity index (χ2v) is 12.2. The number of Topliss-reactive ketones (excluding diaryl/α,β-unsaturated/α-hetero) is 2. The highest BCUT2D eigenvalue weighted by Crippen LogP contribution is 2.50. The zero-order valence-electron chi connectivity index (χ0n) is 26.3. The molecule has 1 N–H and O–H groups in total. The summed E-state index contributed by atoms with van der Waals surface area (Å²) in [6.45, 7) is 1.88. The van der Waals surface area contributed by atoms with Gasteiger partial charge in [-0.25, -0.2) is 9.80 Å². The summed E-state index contributed by atoms with van der Waals surface area (Å²) in [7, 11) is 0. The molecule has 4 aliphatic rings. The molecule has 4 aromatic rings. The van der Waals surface area contributed by atoms with E-state index in [-0.39, 0.29) is 38.0 Å². The molecular formula is C38H40N4O5. The highest BCUT2D eigenvalue weighted by Gasteiger charge is 2.74. The van der Waals surface area contributed by atoms with E-state index >= 15 is 9.59 Å². The van der Waals surface area contributed by atoms with Gasteiger partial charge in [-0.1, -0.05) is 121 Å². The van der Waals surface area contributed by atoms with Crippen molar-refractivity contribution in [2.24, 2.45) is 0 Å². The number of rotatable bonds is 14. The van der Waals surface area contributed by atoms with Gasteiger partial charge in [-0.05, 0) is 22.3 Å². The monoisotopic (exact) mass is 632 g/mol. The van der Waals surface area contributed by atoms with Crippen LogP contribution in [0.4, 0.5) is 0 Å². The molecule has 4 bridgehead atoms. The van der Waals surface area contributed by atoms with E-state index in [9.17, 15) is 5.11 Å². The molecule has 4 aliphatic heterocycles. The van der Waals surface area contributed by atoms with Crippen molar-refractivity contribution >= 4 is 11.6 Å². The largest absolute Gasteiger partial charge is 0.394 e. The van der Waals surface area contributed by atoms with E-state index in [0.29, 0.717) is 26.2 Å². The van der Waals surface area contributed by atoms with Gasteiger partial charge >= 0.3 is 0 Å². The van der Waals surface area contributed by atoms with Crippen LogP contribution in [0.3, 0.4) is 0 Å². The molecule has 0 aliphatic carbocycles. The fourth-order valence-corrected chi connectivity index (χ4v) is 7.36. The average Bonchev–Trinajstić information content (AvgIpc) is 3.10. The Labute approximate surface area is 275 Å². The van der Waals surface area contributed by atoms with E-state index in [1.165, 1.54) is 0 Å². The van der Waals surface area contributed by atoms with Crippen LogP contribution in [-0.4, -0.2) is 87.0 Å². The van der Waals surface area contributed by atoms with Crippen LogP contribution in [0.5, 0.6) is 0 Å². The van der Waals surface area contributed by atoms with Gasteiger partial charge in [-0.15, -0.1) is 0 Å². The minimum atomic E-state index is -1.54. The molecule has 9 heteroatoms. The molecule has 0 radical (unpaired) electrons. The topological polar surface area (TPSA) is 85.8 Å². The Morgan fingerprint density at radius 1 is 0.532 bits per heavy atom. The first kappa shape index (κ1) is 31.5. The third kappa shape index (κ3) is 5.96. The Morgan fingerprint density at radius 2 is 0.936 bits per heavy atom. The number of nitrogens with zero attached hydrogens (tertiary/aromatic N) is 4. The van der Waals surface area contributed by atoms with Gasteiger partial charge in [0.1, 0.15) is 18.5 Å². The van der Waals surface area contributed by atoms with Gasteiger partial charge in [0.15, 0.2) is 5.78 Å². The highest BCUT2D eigenvalue weighted by atomic mass is 16.6. The van der Waals surface area contributed by atoms with Gasteiger partial charge in [0, 0.05) is 26.2 Å². The number of aliphatic hydroxyl groups is 1. The first-order chi connectivity index (χ1) is 23.1. The fraction of sp³-hybridized carbons (Fsp3) is 0.316. The molecule has 4 fully saturated rings. The van der Waals surface area contributed by atoms with Gasteiger partial charge in [0.05, 0.1) is 26.4 Å². The summed E-state index contributed by atoms with van der Waals surface area (Å²) >= 11 is 0. The lowest BCUT2D eigenvalue weighted by Crippen LogP contribution is -2.94. The molecule has 242 valence electrons. The standard InChI is InChI=1S/C38H40N4O5/c43-21-22-46-23-24-47-38-34(45)37-39(25-29-13-5-1-6-14-29)35(41(38)27-31-17-9-3-10-18-31)33(44)36(40(37)26-30-15-7-2-8-16-30)42(38)28-32-19-11-4-12-20-32/h1-20,35-37,43H,21-28H2. The number of ketones is 2. The van der Waals surface area contributed by atoms with Crippen LogP contribution in [-0.2, 0) is 45.2 Å². The Morgan fingerprint density at radius 3 is 1.34 bits per heavy atom. The Kier molecular flexibility index (Phi) is 9.37. The first-order valence-corrected chi connectivity index (χ1v) is 16.2. The van der Waals surface area contributed by atoms with Crippen molar-refractivity contribution in [1.29, 1.82) is 0 Å². The molecule has 9 nitrogen and oxygen atoms in total. The van der Waals surface area contributed by atoms with Gasteiger partial charge < -0.3 is 14.6 Å². The molecule has 4 heterocycles. The summed E-state index contributed by atoms with van der Waals surface area (Å²) in [5.74, 6) is -1.65. The van der Waals surface area contributed by atoms with Crippen LogP contribution >= 0.6 is 0 Å². The first-order valence-electron chi connectivity index (χ1n) is 16.2. The predicted octanol–water partition coefficient (Wildman–Crippen LogP) is 3.83. The number of hydrogen-bond donors (Lipinski definition) is 1. The summed E-state index contributed by atoms with van der Waals surface area (Å²) in [6.07, 6.45) is -2.12. The van der Waals surface area contributed by atoms with Gasteiger partial charge in [0.2, 0.25) is 11.6 Å². The van der Waals surface area contributed by atoms with Crippen LogP contribution in [0.15, 0.2) is 121 Å². The number of hydrogen-bond acceptors (Lipinski definition) is 9. The zero-order valence-corrected chi connectivity index (χ0v) is 26.3. The van der Waals surface area contributed by atoms with Crippen molar-refractivity contribution in [3.8, 4) is 0 Å². The van der Waals surface area contributed by atoms with E-state index in [1.807, 2.05) is 131 Å². The molecule has 4 saturated heterocycles. The molecule has 0 amide bonds. The minimum absolute atomic E-state index is 0.0169. The van der Waals surface area contributed by atoms with Gasteiger partial charge in [0.25, 0.3) is 0 Å². The van der Waals surface area contributed by atoms with Crippen molar-refractivity contribution in [3.05, 3.63) is 144 Å². The Bertz CT molecular complexity index is 1530. The maximum atomic E-state index is 15.4. The molecule has 8 rings (SSSR count). The molecule has 47 heavy (non-hydrogen) atoms. The third-order valence-electron chi connectivity index (χ3n) is 9.26. The van der Waals surface area contributed by atoms with Crippen molar-refractivity contribution < 1.29 is 24.2 Å². The maximum absolute atomic E-state index is 15.4. The summed E-state index contributed by atoms with van der Waals surface area (Å²) in [4.78, 5) is 38.6. The quantitative estimate of drug-likeness (QED) is 0.209. The van der Waals surface area contributed by atoms with E-state index in [1.54, 1.807) is 0 Å². The van der Waals surface area contributed by atoms with Gasteiger partial charge in [-0.3, -0.25) is 19.4 Å². The van der Waals surface area contributed by atoms with E-state index in [4.69, 9.17) is 9.47 Å². The van der Waals surface area contributed by atoms with Crippen molar-refractivity contribution in [3.63, 3.8) is 0 Å². The molecule has 0 spiro atoms. The number of carbonyl (C=O) groups excluding carboxylic acids is 2. The predicted molar refractivity (Wildman–Crippen MR) is 176 cm³/mol. The van der Waals surface area contributed by atoms with Gasteiger partial charge in [-0.2, -0.15) is 0 Å². The van der Waals surface area contributed by atoms with Crippen LogP contribution in [0.25, 0.3) is 0 Å². The molecular weight excluding hydrogens is 592 g/mol. The summed E-state index contributed by atoms with van der Waals surface area (Å²) < 4.78 is 12.4. The van der Waals surface area contributed by atoms with Crippen molar-refractivity contribution in [2.75, 3.05) is 26.4 Å². The lowest BCUT2D eigenvalue weighted by atomic mass is 9.85. The van der Waals surface area contributed by atoms with E-state index in [0.717, 1.165) is 22.3 Å². The number of carbonyl (C=O) groups is 2.